The van der Waals surface area contributed by atoms with E-state index in [1.165, 1.54) is 25.0 Å². The highest BCUT2D eigenvalue weighted by Crippen LogP contribution is 2.48. The first kappa shape index (κ1) is 12.6. The van der Waals surface area contributed by atoms with Crippen LogP contribution in [0.25, 0.3) is 0 Å². The molecule has 1 aliphatic rings. The highest BCUT2D eigenvalue weighted by Gasteiger charge is 2.40. The summed E-state index contributed by atoms with van der Waals surface area (Å²) in [5.41, 5.74) is 1.64. The predicted octanol–water partition coefficient (Wildman–Crippen LogP) is 2.90. The number of hydrogen-bond acceptors (Lipinski definition) is 2. The Hall–Kier alpha value is -0.830. The molecule has 2 unspecified atom stereocenters. The third kappa shape index (κ3) is 2.54. The van der Waals surface area contributed by atoms with Crippen molar-refractivity contribution in [1.82, 2.24) is 15.1 Å². The van der Waals surface area contributed by atoms with Gasteiger partial charge >= 0.3 is 0 Å². The lowest BCUT2D eigenvalue weighted by Crippen LogP contribution is -2.34. The second-order valence-corrected chi connectivity index (χ2v) is 5.94. The van der Waals surface area contributed by atoms with Crippen LogP contribution in [0.3, 0.4) is 0 Å². The number of rotatable bonds is 4. The Balaban J connectivity index is 2.23. The maximum Gasteiger partial charge on any atom is 0.0796 e. The summed E-state index contributed by atoms with van der Waals surface area (Å²) in [7, 11) is 1.99. The zero-order valence-electron chi connectivity index (χ0n) is 11.5. The smallest absolute Gasteiger partial charge is 0.0796 e. The van der Waals surface area contributed by atoms with Crippen molar-refractivity contribution in [3.8, 4) is 0 Å². The summed E-state index contributed by atoms with van der Waals surface area (Å²) < 4.78 is 1.90. The topological polar surface area (TPSA) is 29.9 Å². The summed E-state index contributed by atoms with van der Waals surface area (Å²) in [5, 5.41) is 8.23. The first-order chi connectivity index (χ1) is 8.04. The van der Waals surface area contributed by atoms with Gasteiger partial charge in [-0.05, 0) is 36.8 Å². The zero-order valence-corrected chi connectivity index (χ0v) is 11.5. The summed E-state index contributed by atoms with van der Waals surface area (Å²) >= 11 is 0. The van der Waals surface area contributed by atoms with Gasteiger partial charge in [-0.25, -0.2) is 0 Å². The predicted molar refractivity (Wildman–Crippen MR) is 70.7 cm³/mol. The lowest BCUT2D eigenvalue weighted by atomic mass is 9.76. The minimum Gasteiger partial charge on any atom is -0.309 e. The average Bonchev–Trinajstić information content (AvgIpc) is 2.81. The fraction of sp³-hybridized carbons (Fsp3) is 0.786. The van der Waals surface area contributed by atoms with Crippen molar-refractivity contribution in [2.45, 2.75) is 46.1 Å². The van der Waals surface area contributed by atoms with Crippen LogP contribution in [0.4, 0.5) is 0 Å². The molecule has 2 atom stereocenters. The van der Waals surface area contributed by atoms with E-state index in [4.69, 9.17) is 0 Å². The third-order valence-corrected chi connectivity index (χ3v) is 4.22. The van der Waals surface area contributed by atoms with E-state index in [0.29, 0.717) is 17.4 Å². The number of aryl methyl sites for hydroxylation is 1. The first-order valence-corrected chi connectivity index (χ1v) is 6.77. The van der Waals surface area contributed by atoms with Crippen molar-refractivity contribution in [3.63, 3.8) is 0 Å². The molecule has 17 heavy (non-hydrogen) atoms. The molecule has 1 heterocycles. The van der Waals surface area contributed by atoms with Crippen LogP contribution in [0, 0.1) is 11.3 Å². The second kappa shape index (κ2) is 4.81. The van der Waals surface area contributed by atoms with E-state index in [9.17, 15) is 0 Å². The fourth-order valence-corrected chi connectivity index (χ4v) is 3.24. The monoisotopic (exact) mass is 235 g/mol. The summed E-state index contributed by atoms with van der Waals surface area (Å²) in [6.07, 6.45) is 6.06. The SMILES string of the molecule is CCNC(c1ccn(C)n1)C1CCCC1(C)C. The van der Waals surface area contributed by atoms with Crippen molar-refractivity contribution in [2.75, 3.05) is 6.54 Å². The van der Waals surface area contributed by atoms with Gasteiger partial charge in [0.15, 0.2) is 0 Å². The Bertz CT molecular complexity index is 367. The molecule has 0 aliphatic heterocycles. The molecule has 1 saturated carbocycles. The highest BCUT2D eigenvalue weighted by atomic mass is 15.3. The van der Waals surface area contributed by atoms with Crippen molar-refractivity contribution in [1.29, 1.82) is 0 Å². The molecule has 96 valence electrons. The van der Waals surface area contributed by atoms with Crippen molar-refractivity contribution >= 4 is 0 Å². The molecule has 1 fully saturated rings. The molecule has 2 rings (SSSR count). The van der Waals surface area contributed by atoms with Gasteiger partial charge in [0.05, 0.1) is 11.7 Å². The molecule has 1 aromatic heterocycles. The average molecular weight is 235 g/mol. The van der Waals surface area contributed by atoms with Crippen LogP contribution in [-0.4, -0.2) is 16.3 Å². The molecule has 0 amide bonds. The zero-order chi connectivity index (χ0) is 12.5. The molecule has 1 aromatic rings. The molecular formula is C14H25N3. The lowest BCUT2D eigenvalue weighted by Gasteiger charge is -2.33. The van der Waals surface area contributed by atoms with E-state index in [2.05, 4.69) is 37.3 Å². The minimum atomic E-state index is 0.415. The molecule has 1 N–H and O–H groups in total. The maximum absolute atomic E-state index is 4.59. The molecule has 3 heteroatoms. The highest BCUT2D eigenvalue weighted by molar-refractivity contribution is 5.10. The van der Waals surface area contributed by atoms with Crippen molar-refractivity contribution < 1.29 is 0 Å². The van der Waals surface area contributed by atoms with E-state index in [-0.39, 0.29) is 0 Å². The first-order valence-electron chi connectivity index (χ1n) is 6.77. The minimum absolute atomic E-state index is 0.415. The van der Waals surface area contributed by atoms with Gasteiger partial charge in [-0.3, -0.25) is 4.68 Å². The van der Waals surface area contributed by atoms with Crippen LogP contribution in [0.1, 0.15) is 51.8 Å². The summed E-state index contributed by atoms with van der Waals surface area (Å²) in [4.78, 5) is 0. The number of nitrogens with zero attached hydrogens (tertiary/aromatic N) is 2. The lowest BCUT2D eigenvalue weighted by molar-refractivity contribution is 0.196. The Morgan fingerprint density at radius 1 is 1.59 bits per heavy atom. The third-order valence-electron chi connectivity index (χ3n) is 4.22. The Morgan fingerprint density at radius 3 is 2.82 bits per heavy atom. The Labute approximate surface area is 105 Å². The van der Waals surface area contributed by atoms with E-state index < -0.39 is 0 Å². The van der Waals surface area contributed by atoms with Gasteiger partial charge in [0.25, 0.3) is 0 Å². The Kier molecular flexibility index (Phi) is 3.57. The largest absolute Gasteiger partial charge is 0.309 e. The van der Waals surface area contributed by atoms with Gasteiger partial charge in [-0.2, -0.15) is 5.10 Å². The maximum atomic E-state index is 4.59. The molecule has 1 aliphatic carbocycles. The fourth-order valence-electron chi connectivity index (χ4n) is 3.24. The van der Waals surface area contributed by atoms with Gasteiger partial charge in [-0.1, -0.05) is 27.2 Å². The van der Waals surface area contributed by atoms with E-state index >= 15 is 0 Å². The van der Waals surface area contributed by atoms with Crippen molar-refractivity contribution in [2.24, 2.45) is 18.4 Å². The molecule has 0 bridgehead atoms. The van der Waals surface area contributed by atoms with E-state index in [1.807, 2.05) is 17.9 Å². The summed E-state index contributed by atoms with van der Waals surface area (Å²) in [5.74, 6) is 0.706. The summed E-state index contributed by atoms with van der Waals surface area (Å²) in [6.45, 7) is 7.99. The van der Waals surface area contributed by atoms with Crippen LogP contribution in [0.2, 0.25) is 0 Å². The normalized spacial score (nSPS) is 25.1. The van der Waals surface area contributed by atoms with Gasteiger partial charge in [0.2, 0.25) is 0 Å². The molecule has 0 spiro atoms. The number of aromatic nitrogens is 2. The molecule has 0 aromatic carbocycles. The van der Waals surface area contributed by atoms with E-state index in [1.54, 1.807) is 0 Å². The van der Waals surface area contributed by atoms with Crippen molar-refractivity contribution in [3.05, 3.63) is 18.0 Å². The van der Waals surface area contributed by atoms with Gasteiger partial charge in [0.1, 0.15) is 0 Å². The second-order valence-electron chi connectivity index (χ2n) is 5.94. The van der Waals surface area contributed by atoms with Crippen LogP contribution >= 0.6 is 0 Å². The number of nitrogens with one attached hydrogen (secondary N) is 1. The van der Waals surface area contributed by atoms with Crippen LogP contribution in [0.15, 0.2) is 12.3 Å². The molecular weight excluding hydrogens is 210 g/mol. The van der Waals surface area contributed by atoms with Crippen LogP contribution in [-0.2, 0) is 7.05 Å². The van der Waals surface area contributed by atoms with Crippen LogP contribution in [0.5, 0.6) is 0 Å². The van der Waals surface area contributed by atoms with Gasteiger partial charge < -0.3 is 5.32 Å². The van der Waals surface area contributed by atoms with E-state index in [0.717, 1.165) is 6.54 Å². The van der Waals surface area contributed by atoms with Crippen LogP contribution < -0.4 is 5.32 Å². The molecule has 0 saturated heterocycles. The van der Waals surface area contributed by atoms with Gasteiger partial charge in [-0.15, -0.1) is 0 Å². The molecule has 0 radical (unpaired) electrons. The quantitative estimate of drug-likeness (QED) is 0.869. The Morgan fingerprint density at radius 2 is 2.35 bits per heavy atom. The van der Waals surface area contributed by atoms with Gasteiger partial charge in [0, 0.05) is 13.2 Å². The standard InChI is InChI=1S/C14H25N3/c1-5-15-13(12-8-10-17(4)16-12)11-7-6-9-14(11,2)3/h8,10-11,13,15H,5-7,9H2,1-4H3. The molecule has 3 nitrogen and oxygen atoms in total. The summed E-state index contributed by atoms with van der Waals surface area (Å²) in [6, 6.07) is 2.57. The number of hydrogen-bond donors (Lipinski definition) is 1.